The molecule has 0 fully saturated rings. The molecule has 0 unspecified atom stereocenters. The van der Waals surface area contributed by atoms with Crippen molar-refractivity contribution in [3.8, 4) is 12.3 Å². The molecule has 0 radical (unpaired) electrons. The Balaban J connectivity index is 4.36. The summed E-state index contributed by atoms with van der Waals surface area (Å²) >= 11 is 0. The van der Waals surface area contributed by atoms with Crippen molar-refractivity contribution in [1.29, 1.82) is 0 Å². The van der Waals surface area contributed by atoms with E-state index in [0.29, 0.717) is 0 Å². The van der Waals surface area contributed by atoms with Gasteiger partial charge in [-0.15, -0.1) is 12.3 Å². The lowest BCUT2D eigenvalue weighted by Crippen LogP contribution is -2.43. The number of hydrogen-bond donors (Lipinski definition) is 1. The third-order valence-corrected chi connectivity index (χ3v) is 1.50. The second-order valence-electron chi connectivity index (χ2n) is 4.13. The molecule has 0 aromatic heterocycles. The first-order valence-corrected chi connectivity index (χ1v) is 4.81. The molecule has 0 aromatic carbocycles. The van der Waals surface area contributed by atoms with E-state index in [4.69, 9.17) is 11.2 Å². The van der Waals surface area contributed by atoms with Crippen LogP contribution >= 0.6 is 0 Å². The molecule has 0 spiro atoms. The molecule has 0 aliphatic carbocycles. The number of carbonyl (C=O) groups excluding carboxylic acids is 2. The molecule has 0 aliphatic heterocycles. The van der Waals surface area contributed by atoms with Gasteiger partial charge >= 0.3 is 12.1 Å². The lowest BCUT2D eigenvalue weighted by atomic mass is 10.2. The summed E-state index contributed by atoms with van der Waals surface area (Å²) in [6.07, 6.45) is 4.44. The highest BCUT2D eigenvalue weighted by Gasteiger charge is 2.23. The summed E-state index contributed by atoms with van der Waals surface area (Å²) in [5.41, 5.74) is -0.624. The first kappa shape index (κ1) is 14.3. The van der Waals surface area contributed by atoms with Gasteiger partial charge < -0.3 is 14.8 Å². The molecule has 0 rings (SSSR count). The summed E-state index contributed by atoms with van der Waals surface area (Å²) in [5, 5.41) is 2.35. The fraction of sp³-hybridized carbons (Fsp3) is 0.636. The van der Waals surface area contributed by atoms with Gasteiger partial charge in [0.1, 0.15) is 11.6 Å². The lowest BCUT2D eigenvalue weighted by Gasteiger charge is -2.21. The standard InChI is InChI=1S/C11H17NO4/c1-6-7-8(9(13)15-5)12-10(14)16-11(2,3)4/h1,8H,7H2,2-5H3,(H,12,14)/t8-/m1/s1. The number of amides is 1. The van der Waals surface area contributed by atoms with Gasteiger partial charge in [0.15, 0.2) is 0 Å². The van der Waals surface area contributed by atoms with E-state index in [1.807, 2.05) is 0 Å². The third kappa shape index (κ3) is 5.91. The van der Waals surface area contributed by atoms with E-state index in [9.17, 15) is 9.59 Å². The van der Waals surface area contributed by atoms with Gasteiger partial charge in [-0.05, 0) is 20.8 Å². The number of hydrogen-bond acceptors (Lipinski definition) is 4. The van der Waals surface area contributed by atoms with Crippen LogP contribution in [0, 0.1) is 12.3 Å². The maximum Gasteiger partial charge on any atom is 0.408 e. The summed E-state index contributed by atoms with van der Waals surface area (Å²) < 4.78 is 9.47. The molecule has 1 amide bonds. The predicted octanol–water partition coefficient (Wildman–Crippen LogP) is 1.08. The highest BCUT2D eigenvalue weighted by Crippen LogP contribution is 2.07. The smallest absolute Gasteiger partial charge is 0.408 e. The van der Waals surface area contributed by atoms with Crippen LogP contribution in [0.15, 0.2) is 0 Å². The van der Waals surface area contributed by atoms with Crippen LogP contribution in [0.1, 0.15) is 27.2 Å². The zero-order valence-electron chi connectivity index (χ0n) is 9.99. The van der Waals surface area contributed by atoms with E-state index >= 15 is 0 Å². The van der Waals surface area contributed by atoms with Gasteiger partial charge in [-0.3, -0.25) is 0 Å². The molecule has 0 saturated heterocycles. The van der Waals surface area contributed by atoms with E-state index in [-0.39, 0.29) is 6.42 Å². The fourth-order valence-corrected chi connectivity index (χ4v) is 0.903. The summed E-state index contributed by atoms with van der Waals surface area (Å²) in [6, 6.07) is -0.871. The zero-order valence-corrected chi connectivity index (χ0v) is 9.99. The number of nitrogens with one attached hydrogen (secondary N) is 1. The van der Waals surface area contributed by atoms with Crippen molar-refractivity contribution in [2.24, 2.45) is 0 Å². The van der Waals surface area contributed by atoms with Gasteiger partial charge in [-0.1, -0.05) is 0 Å². The Labute approximate surface area is 95.5 Å². The van der Waals surface area contributed by atoms with Crippen LogP contribution in [0.5, 0.6) is 0 Å². The van der Waals surface area contributed by atoms with Crippen molar-refractivity contribution in [1.82, 2.24) is 5.32 Å². The predicted molar refractivity (Wildman–Crippen MR) is 58.6 cm³/mol. The number of rotatable bonds is 3. The number of alkyl carbamates (subject to hydrolysis) is 1. The van der Waals surface area contributed by atoms with Crippen LogP contribution in [-0.2, 0) is 14.3 Å². The zero-order chi connectivity index (χ0) is 12.8. The van der Waals surface area contributed by atoms with Crippen molar-refractivity contribution in [2.45, 2.75) is 38.8 Å². The Morgan fingerprint density at radius 3 is 2.38 bits per heavy atom. The number of carbonyl (C=O) groups is 2. The van der Waals surface area contributed by atoms with Crippen LogP contribution < -0.4 is 5.32 Å². The van der Waals surface area contributed by atoms with Crippen molar-refractivity contribution in [3.63, 3.8) is 0 Å². The molecule has 0 saturated carbocycles. The molecule has 90 valence electrons. The molecule has 0 heterocycles. The molecule has 1 atom stereocenters. The number of ether oxygens (including phenoxy) is 2. The van der Waals surface area contributed by atoms with Gasteiger partial charge in [-0.25, -0.2) is 9.59 Å². The third-order valence-electron chi connectivity index (χ3n) is 1.50. The molecule has 5 heteroatoms. The highest BCUT2D eigenvalue weighted by atomic mass is 16.6. The SMILES string of the molecule is C#CC[C@@H](NC(=O)OC(C)(C)C)C(=O)OC. The molecular weight excluding hydrogens is 210 g/mol. The first-order valence-electron chi connectivity index (χ1n) is 4.81. The second-order valence-corrected chi connectivity index (χ2v) is 4.13. The molecule has 16 heavy (non-hydrogen) atoms. The molecule has 0 aliphatic rings. The van der Waals surface area contributed by atoms with E-state index in [1.54, 1.807) is 20.8 Å². The van der Waals surface area contributed by atoms with Crippen molar-refractivity contribution < 1.29 is 19.1 Å². The topological polar surface area (TPSA) is 64.6 Å². The molecule has 0 bridgehead atoms. The lowest BCUT2D eigenvalue weighted by molar-refractivity contribution is -0.143. The van der Waals surface area contributed by atoms with E-state index in [2.05, 4.69) is 16.0 Å². The first-order chi connectivity index (χ1) is 7.30. The quantitative estimate of drug-likeness (QED) is 0.578. The summed E-state index contributed by atoms with van der Waals surface area (Å²) in [6.45, 7) is 5.17. The van der Waals surface area contributed by atoms with Crippen LogP contribution in [0.2, 0.25) is 0 Å². The van der Waals surface area contributed by atoms with Crippen LogP contribution in [0.25, 0.3) is 0 Å². The summed E-state index contributed by atoms with van der Waals surface area (Å²) in [4.78, 5) is 22.6. The average molecular weight is 227 g/mol. The molecule has 5 nitrogen and oxygen atoms in total. The molecule has 1 N–H and O–H groups in total. The minimum atomic E-state index is -0.871. The van der Waals surface area contributed by atoms with Gasteiger partial charge in [0, 0.05) is 6.42 Å². The van der Waals surface area contributed by atoms with Gasteiger partial charge in [-0.2, -0.15) is 0 Å². The Morgan fingerprint density at radius 1 is 1.44 bits per heavy atom. The Morgan fingerprint density at radius 2 is 2.00 bits per heavy atom. The average Bonchev–Trinajstić information content (AvgIpc) is 2.13. The van der Waals surface area contributed by atoms with E-state index < -0.39 is 23.7 Å². The second kappa shape index (κ2) is 6.01. The van der Waals surface area contributed by atoms with Crippen molar-refractivity contribution in [3.05, 3.63) is 0 Å². The molecule has 0 aromatic rings. The van der Waals surface area contributed by atoms with Crippen molar-refractivity contribution in [2.75, 3.05) is 7.11 Å². The van der Waals surface area contributed by atoms with Crippen molar-refractivity contribution >= 4 is 12.1 Å². The minimum Gasteiger partial charge on any atom is -0.467 e. The summed E-state index contributed by atoms with van der Waals surface area (Å²) in [7, 11) is 1.22. The largest absolute Gasteiger partial charge is 0.467 e. The molecular formula is C11H17NO4. The Bertz CT molecular complexity index is 298. The number of esters is 1. The van der Waals surface area contributed by atoms with Crippen LogP contribution in [0.3, 0.4) is 0 Å². The Kier molecular flexibility index (Phi) is 5.37. The van der Waals surface area contributed by atoms with Gasteiger partial charge in [0.25, 0.3) is 0 Å². The maximum atomic E-state index is 11.4. The van der Waals surface area contributed by atoms with Gasteiger partial charge in [0.2, 0.25) is 0 Å². The fourth-order valence-electron chi connectivity index (χ4n) is 0.903. The number of methoxy groups -OCH3 is 1. The van der Waals surface area contributed by atoms with Crippen LogP contribution in [0.4, 0.5) is 4.79 Å². The maximum absolute atomic E-state index is 11.4. The highest BCUT2D eigenvalue weighted by molar-refractivity contribution is 5.81. The summed E-state index contributed by atoms with van der Waals surface area (Å²) in [5.74, 6) is 1.69. The van der Waals surface area contributed by atoms with Crippen LogP contribution in [-0.4, -0.2) is 30.8 Å². The van der Waals surface area contributed by atoms with E-state index in [0.717, 1.165) is 0 Å². The van der Waals surface area contributed by atoms with E-state index in [1.165, 1.54) is 7.11 Å². The minimum absolute atomic E-state index is 0.0614. The van der Waals surface area contributed by atoms with Gasteiger partial charge in [0.05, 0.1) is 7.11 Å². The number of terminal acetylenes is 1. The Hall–Kier alpha value is -1.70. The normalized spacial score (nSPS) is 12.2. The monoisotopic (exact) mass is 227 g/mol.